The van der Waals surface area contributed by atoms with Crippen LogP contribution in [0, 0.1) is 5.92 Å². The standard InChI is InChI=1S/C13H27NS/c1-3-5-6-9-15-13-10-11(4-2)7-8-12(13)14/h11-13H,3-10,14H2,1-2H3. The Morgan fingerprint density at radius 2 is 2.00 bits per heavy atom. The Morgan fingerprint density at radius 3 is 2.67 bits per heavy atom. The van der Waals surface area contributed by atoms with Crippen LogP contribution in [-0.4, -0.2) is 17.0 Å². The van der Waals surface area contributed by atoms with Gasteiger partial charge < -0.3 is 5.73 Å². The zero-order chi connectivity index (χ0) is 11.1. The number of nitrogens with two attached hydrogens (primary N) is 1. The molecule has 0 aromatic carbocycles. The molecular formula is C13H27NS. The second kappa shape index (κ2) is 7.56. The van der Waals surface area contributed by atoms with Crippen molar-refractivity contribution in [3.05, 3.63) is 0 Å². The van der Waals surface area contributed by atoms with Gasteiger partial charge >= 0.3 is 0 Å². The van der Waals surface area contributed by atoms with Crippen LogP contribution < -0.4 is 5.73 Å². The lowest BCUT2D eigenvalue weighted by Crippen LogP contribution is -2.38. The summed E-state index contributed by atoms with van der Waals surface area (Å²) in [6.07, 6.45) is 9.42. The minimum atomic E-state index is 0.472. The highest BCUT2D eigenvalue weighted by atomic mass is 32.2. The predicted molar refractivity (Wildman–Crippen MR) is 71.4 cm³/mol. The monoisotopic (exact) mass is 229 g/mol. The summed E-state index contributed by atoms with van der Waals surface area (Å²) in [5, 5.41) is 0.751. The SMILES string of the molecule is CCCCCSC1CC(CC)CCC1N. The van der Waals surface area contributed by atoms with Gasteiger partial charge in [-0.3, -0.25) is 0 Å². The molecular weight excluding hydrogens is 202 g/mol. The zero-order valence-corrected chi connectivity index (χ0v) is 11.2. The van der Waals surface area contributed by atoms with Crippen molar-refractivity contribution in [1.29, 1.82) is 0 Å². The maximum atomic E-state index is 6.19. The fourth-order valence-electron chi connectivity index (χ4n) is 2.38. The third-order valence-electron chi connectivity index (χ3n) is 3.61. The van der Waals surface area contributed by atoms with E-state index in [-0.39, 0.29) is 0 Å². The van der Waals surface area contributed by atoms with E-state index in [0.717, 1.165) is 11.2 Å². The van der Waals surface area contributed by atoms with Crippen molar-refractivity contribution < 1.29 is 0 Å². The Balaban J connectivity index is 2.19. The Labute approximate surface area is 99.6 Å². The molecule has 0 aliphatic heterocycles. The Hall–Kier alpha value is 0.310. The van der Waals surface area contributed by atoms with Gasteiger partial charge in [-0.05, 0) is 37.4 Å². The zero-order valence-electron chi connectivity index (χ0n) is 10.4. The fourth-order valence-corrected chi connectivity index (χ4v) is 3.85. The first kappa shape index (κ1) is 13.4. The van der Waals surface area contributed by atoms with Crippen LogP contribution in [0.4, 0.5) is 0 Å². The second-order valence-electron chi connectivity index (χ2n) is 4.87. The molecule has 0 saturated heterocycles. The van der Waals surface area contributed by atoms with Gasteiger partial charge in [0.15, 0.2) is 0 Å². The van der Waals surface area contributed by atoms with Crippen LogP contribution >= 0.6 is 11.8 Å². The molecule has 2 heteroatoms. The number of rotatable bonds is 6. The summed E-state index contributed by atoms with van der Waals surface area (Å²) < 4.78 is 0. The van der Waals surface area contributed by atoms with E-state index in [4.69, 9.17) is 5.73 Å². The Bertz CT molecular complexity index is 161. The van der Waals surface area contributed by atoms with Crippen molar-refractivity contribution in [2.75, 3.05) is 5.75 Å². The summed E-state index contributed by atoms with van der Waals surface area (Å²) >= 11 is 2.14. The van der Waals surface area contributed by atoms with E-state index in [9.17, 15) is 0 Å². The van der Waals surface area contributed by atoms with Crippen LogP contribution in [0.1, 0.15) is 58.8 Å². The lowest BCUT2D eigenvalue weighted by molar-refractivity contribution is 0.327. The van der Waals surface area contributed by atoms with E-state index in [1.807, 2.05) is 0 Å². The Morgan fingerprint density at radius 1 is 1.20 bits per heavy atom. The average molecular weight is 229 g/mol. The van der Waals surface area contributed by atoms with E-state index in [0.29, 0.717) is 6.04 Å². The first-order valence-corrected chi connectivity index (χ1v) is 7.70. The molecule has 2 N–H and O–H groups in total. The number of unbranched alkanes of at least 4 members (excludes halogenated alkanes) is 2. The van der Waals surface area contributed by atoms with Crippen molar-refractivity contribution in [3.63, 3.8) is 0 Å². The van der Waals surface area contributed by atoms with Crippen molar-refractivity contribution in [2.45, 2.75) is 70.1 Å². The van der Waals surface area contributed by atoms with Crippen molar-refractivity contribution in [3.8, 4) is 0 Å². The maximum Gasteiger partial charge on any atom is 0.0201 e. The molecule has 3 atom stereocenters. The third-order valence-corrected chi connectivity index (χ3v) is 5.10. The molecule has 0 radical (unpaired) electrons. The summed E-state index contributed by atoms with van der Waals surface area (Å²) in [7, 11) is 0. The summed E-state index contributed by atoms with van der Waals surface area (Å²) in [6.45, 7) is 4.59. The van der Waals surface area contributed by atoms with Crippen LogP contribution in [0.25, 0.3) is 0 Å². The van der Waals surface area contributed by atoms with E-state index in [1.54, 1.807) is 0 Å². The molecule has 0 aromatic rings. The summed E-state index contributed by atoms with van der Waals surface area (Å²) in [4.78, 5) is 0. The van der Waals surface area contributed by atoms with Gasteiger partial charge in [0.2, 0.25) is 0 Å². The molecule has 1 aliphatic carbocycles. The second-order valence-corrected chi connectivity index (χ2v) is 6.21. The van der Waals surface area contributed by atoms with Gasteiger partial charge in [-0.1, -0.05) is 33.1 Å². The minimum Gasteiger partial charge on any atom is -0.327 e. The number of hydrogen-bond donors (Lipinski definition) is 1. The molecule has 1 saturated carbocycles. The van der Waals surface area contributed by atoms with Gasteiger partial charge in [0.1, 0.15) is 0 Å². The topological polar surface area (TPSA) is 26.0 Å². The minimum absolute atomic E-state index is 0.472. The molecule has 15 heavy (non-hydrogen) atoms. The summed E-state index contributed by atoms with van der Waals surface area (Å²) in [5.74, 6) is 2.27. The lowest BCUT2D eigenvalue weighted by Gasteiger charge is -2.33. The largest absolute Gasteiger partial charge is 0.327 e. The lowest BCUT2D eigenvalue weighted by atomic mass is 9.84. The third kappa shape index (κ3) is 4.78. The van der Waals surface area contributed by atoms with Crippen LogP contribution in [-0.2, 0) is 0 Å². The first-order chi connectivity index (χ1) is 7.27. The van der Waals surface area contributed by atoms with Gasteiger partial charge in [0.25, 0.3) is 0 Å². The highest BCUT2D eigenvalue weighted by Gasteiger charge is 2.27. The van der Waals surface area contributed by atoms with Gasteiger partial charge in [-0.25, -0.2) is 0 Å². The smallest absolute Gasteiger partial charge is 0.0201 e. The molecule has 3 unspecified atom stereocenters. The Kier molecular flexibility index (Phi) is 6.74. The van der Waals surface area contributed by atoms with Gasteiger partial charge in [-0.2, -0.15) is 11.8 Å². The quantitative estimate of drug-likeness (QED) is 0.701. The normalized spacial score (nSPS) is 31.8. The number of hydrogen-bond acceptors (Lipinski definition) is 2. The van der Waals surface area contributed by atoms with Crippen LogP contribution in [0.3, 0.4) is 0 Å². The molecule has 1 nitrogen and oxygen atoms in total. The van der Waals surface area contributed by atoms with E-state index < -0.39 is 0 Å². The molecule has 1 rings (SSSR count). The van der Waals surface area contributed by atoms with Crippen molar-refractivity contribution in [2.24, 2.45) is 11.7 Å². The summed E-state index contributed by atoms with van der Waals surface area (Å²) in [5.41, 5.74) is 6.19. The number of thioether (sulfide) groups is 1. The molecule has 0 spiro atoms. The van der Waals surface area contributed by atoms with Crippen molar-refractivity contribution in [1.82, 2.24) is 0 Å². The van der Waals surface area contributed by atoms with Gasteiger partial charge in [0.05, 0.1) is 0 Å². The summed E-state index contributed by atoms with van der Waals surface area (Å²) in [6, 6.07) is 0.472. The maximum absolute atomic E-state index is 6.19. The predicted octanol–water partition coefficient (Wildman–Crippen LogP) is 3.82. The molecule has 0 aromatic heterocycles. The molecule has 1 fully saturated rings. The van der Waals surface area contributed by atoms with Crippen LogP contribution in [0.15, 0.2) is 0 Å². The van der Waals surface area contributed by atoms with Crippen molar-refractivity contribution >= 4 is 11.8 Å². The average Bonchev–Trinajstić information content (AvgIpc) is 2.26. The molecule has 0 heterocycles. The first-order valence-electron chi connectivity index (χ1n) is 6.65. The van der Waals surface area contributed by atoms with Crippen LogP contribution in [0.5, 0.6) is 0 Å². The fraction of sp³-hybridized carbons (Fsp3) is 1.00. The van der Waals surface area contributed by atoms with E-state index in [2.05, 4.69) is 25.6 Å². The molecule has 1 aliphatic rings. The van der Waals surface area contributed by atoms with E-state index >= 15 is 0 Å². The highest BCUT2D eigenvalue weighted by molar-refractivity contribution is 7.99. The molecule has 0 bridgehead atoms. The highest BCUT2D eigenvalue weighted by Crippen LogP contribution is 2.33. The van der Waals surface area contributed by atoms with Gasteiger partial charge in [-0.15, -0.1) is 0 Å². The van der Waals surface area contributed by atoms with E-state index in [1.165, 1.54) is 50.7 Å². The van der Waals surface area contributed by atoms with Gasteiger partial charge in [0, 0.05) is 11.3 Å². The molecule has 0 amide bonds. The molecule has 90 valence electrons. The van der Waals surface area contributed by atoms with Crippen LogP contribution in [0.2, 0.25) is 0 Å².